The van der Waals surface area contributed by atoms with E-state index < -0.39 is 35.1 Å². The highest BCUT2D eigenvalue weighted by Gasteiger charge is 2.47. The van der Waals surface area contributed by atoms with Crippen LogP contribution in [0.5, 0.6) is 0 Å². The lowest BCUT2D eigenvalue weighted by Crippen LogP contribution is -2.57. The third-order valence-electron chi connectivity index (χ3n) is 3.13. The number of carboxylic acid groups (broad SMARTS) is 1. The van der Waals surface area contributed by atoms with Crippen LogP contribution >= 0.6 is 0 Å². The lowest BCUT2D eigenvalue weighted by molar-refractivity contribution is -0.144. The summed E-state index contributed by atoms with van der Waals surface area (Å²) >= 11 is 0. The number of carboxylic acids is 1. The molecule has 1 atom stereocenters. The third-order valence-corrected chi connectivity index (χ3v) is 3.13. The number of hydrogen-bond donors (Lipinski definition) is 4. The van der Waals surface area contributed by atoms with Crippen LogP contribution in [0.1, 0.15) is 27.2 Å². The first-order chi connectivity index (χ1) is 10.4. The molecule has 0 aromatic carbocycles. The van der Waals surface area contributed by atoms with Crippen molar-refractivity contribution in [2.75, 3.05) is 19.6 Å². The Hall–Kier alpha value is -2.36. The summed E-state index contributed by atoms with van der Waals surface area (Å²) in [4.78, 5) is 47.0. The maximum atomic E-state index is 11.8. The minimum Gasteiger partial charge on any atom is -0.479 e. The number of ether oxygens (including phenoxy) is 1. The zero-order valence-corrected chi connectivity index (χ0v) is 13.3. The number of rotatable bonds is 4. The van der Waals surface area contributed by atoms with Gasteiger partial charge in [0.05, 0.1) is 6.54 Å². The molecule has 1 fully saturated rings. The fraction of sp³-hybridized carbons (Fsp3) is 0.692. The maximum absolute atomic E-state index is 11.8. The highest BCUT2D eigenvalue weighted by molar-refractivity contribution is 5.94. The fourth-order valence-corrected chi connectivity index (χ4v) is 2.23. The van der Waals surface area contributed by atoms with Crippen LogP contribution in [0, 0.1) is 0 Å². The number of nitrogens with zero attached hydrogens (tertiary/aromatic N) is 1. The molecule has 0 saturated carbocycles. The van der Waals surface area contributed by atoms with E-state index in [0.29, 0.717) is 0 Å². The number of imide groups is 1. The average molecular weight is 330 g/mol. The number of alkyl carbamates (subject to hydrolysis) is 1. The molecule has 1 unspecified atom stereocenters. The number of urea groups is 1. The van der Waals surface area contributed by atoms with Crippen molar-refractivity contribution in [2.45, 2.75) is 38.3 Å². The van der Waals surface area contributed by atoms with Crippen LogP contribution in [-0.4, -0.2) is 64.8 Å². The molecule has 1 aliphatic heterocycles. The van der Waals surface area contributed by atoms with Gasteiger partial charge in [0, 0.05) is 13.1 Å². The number of hydrogen-bond acceptors (Lipinski definition) is 6. The van der Waals surface area contributed by atoms with Crippen molar-refractivity contribution < 1.29 is 29.0 Å². The number of likely N-dealkylation sites (tertiary alicyclic amines) is 1. The van der Waals surface area contributed by atoms with Crippen LogP contribution in [0.3, 0.4) is 0 Å². The van der Waals surface area contributed by atoms with E-state index in [1.54, 1.807) is 20.8 Å². The molecule has 23 heavy (non-hydrogen) atoms. The van der Waals surface area contributed by atoms with Crippen LogP contribution in [-0.2, 0) is 14.3 Å². The molecular weight excluding hydrogens is 308 g/mol. The molecule has 4 amide bonds. The van der Waals surface area contributed by atoms with Crippen molar-refractivity contribution in [1.29, 1.82) is 0 Å². The highest BCUT2D eigenvalue weighted by Crippen LogP contribution is 2.22. The monoisotopic (exact) mass is 330 g/mol. The maximum Gasteiger partial charge on any atom is 0.408 e. The number of carbonyl (C=O) groups excluding carboxylic acids is 3. The SMILES string of the molecule is CC(C)(C)OC(=O)NC1(C(=O)O)CCN(CC(=O)NC(N)=O)C1. The minimum atomic E-state index is -1.55. The second kappa shape index (κ2) is 6.82. The first kappa shape index (κ1) is 18.7. The Labute approximate surface area is 133 Å². The number of amides is 4. The normalized spacial score (nSPS) is 21.5. The van der Waals surface area contributed by atoms with Crippen molar-refractivity contribution >= 4 is 24.0 Å². The van der Waals surface area contributed by atoms with Gasteiger partial charge in [0.15, 0.2) is 5.54 Å². The first-order valence-corrected chi connectivity index (χ1v) is 7.00. The van der Waals surface area contributed by atoms with Gasteiger partial charge in [0.1, 0.15) is 5.60 Å². The molecule has 0 radical (unpaired) electrons. The smallest absolute Gasteiger partial charge is 0.408 e. The van der Waals surface area contributed by atoms with Gasteiger partial charge in [-0.2, -0.15) is 0 Å². The number of aliphatic carboxylic acids is 1. The molecule has 5 N–H and O–H groups in total. The number of primary amides is 1. The van der Waals surface area contributed by atoms with E-state index in [0.717, 1.165) is 0 Å². The summed E-state index contributed by atoms with van der Waals surface area (Å²) < 4.78 is 5.07. The largest absolute Gasteiger partial charge is 0.479 e. The fourth-order valence-electron chi connectivity index (χ4n) is 2.23. The molecule has 0 bridgehead atoms. The Morgan fingerprint density at radius 1 is 1.30 bits per heavy atom. The number of nitrogens with one attached hydrogen (secondary N) is 2. The summed E-state index contributed by atoms with van der Waals surface area (Å²) in [5.41, 5.74) is 2.53. The van der Waals surface area contributed by atoms with E-state index in [9.17, 15) is 24.3 Å². The molecule has 0 aromatic heterocycles. The summed E-state index contributed by atoms with van der Waals surface area (Å²) in [5, 5.41) is 13.7. The molecule has 0 spiro atoms. The number of carbonyl (C=O) groups is 4. The van der Waals surface area contributed by atoms with Gasteiger partial charge in [0.25, 0.3) is 0 Å². The van der Waals surface area contributed by atoms with Gasteiger partial charge in [-0.1, -0.05) is 0 Å². The van der Waals surface area contributed by atoms with E-state index in [4.69, 9.17) is 10.5 Å². The molecule has 10 heteroatoms. The van der Waals surface area contributed by atoms with E-state index in [2.05, 4.69) is 5.32 Å². The molecule has 130 valence electrons. The van der Waals surface area contributed by atoms with E-state index in [1.165, 1.54) is 4.90 Å². The Morgan fingerprint density at radius 2 is 1.91 bits per heavy atom. The van der Waals surface area contributed by atoms with E-state index in [-0.39, 0.29) is 26.1 Å². The lowest BCUT2D eigenvalue weighted by Gasteiger charge is -2.28. The first-order valence-electron chi connectivity index (χ1n) is 7.00. The van der Waals surface area contributed by atoms with E-state index >= 15 is 0 Å². The Morgan fingerprint density at radius 3 is 2.39 bits per heavy atom. The quantitative estimate of drug-likeness (QED) is 0.528. The van der Waals surface area contributed by atoms with Gasteiger partial charge in [-0.3, -0.25) is 15.0 Å². The van der Waals surface area contributed by atoms with Crippen LogP contribution in [0.15, 0.2) is 0 Å². The molecule has 1 aliphatic rings. The molecule has 1 rings (SSSR count). The topological polar surface area (TPSA) is 151 Å². The third kappa shape index (κ3) is 5.74. The second-order valence-electron chi connectivity index (χ2n) is 6.39. The Kier molecular flexibility index (Phi) is 5.54. The molecule has 10 nitrogen and oxygen atoms in total. The van der Waals surface area contributed by atoms with Gasteiger partial charge in [0.2, 0.25) is 5.91 Å². The Balaban J connectivity index is 2.70. The lowest BCUT2D eigenvalue weighted by atomic mass is 9.99. The van der Waals surface area contributed by atoms with Crippen LogP contribution in [0.2, 0.25) is 0 Å². The number of nitrogens with two attached hydrogens (primary N) is 1. The van der Waals surface area contributed by atoms with Gasteiger partial charge in [-0.05, 0) is 27.2 Å². The van der Waals surface area contributed by atoms with Gasteiger partial charge >= 0.3 is 18.1 Å². The zero-order valence-electron chi connectivity index (χ0n) is 13.3. The van der Waals surface area contributed by atoms with Crippen molar-refractivity contribution in [3.8, 4) is 0 Å². The average Bonchev–Trinajstić information content (AvgIpc) is 2.69. The highest BCUT2D eigenvalue weighted by atomic mass is 16.6. The van der Waals surface area contributed by atoms with Crippen LogP contribution < -0.4 is 16.4 Å². The van der Waals surface area contributed by atoms with Crippen LogP contribution in [0.4, 0.5) is 9.59 Å². The molecule has 1 heterocycles. The van der Waals surface area contributed by atoms with E-state index in [1.807, 2.05) is 5.32 Å². The van der Waals surface area contributed by atoms with Gasteiger partial charge in [-0.15, -0.1) is 0 Å². The summed E-state index contributed by atoms with van der Waals surface area (Å²) in [7, 11) is 0. The molecular formula is C13H22N4O6. The summed E-state index contributed by atoms with van der Waals surface area (Å²) in [6.45, 7) is 4.95. The predicted molar refractivity (Wildman–Crippen MR) is 78.5 cm³/mol. The molecule has 1 saturated heterocycles. The second-order valence-corrected chi connectivity index (χ2v) is 6.39. The zero-order chi connectivity index (χ0) is 17.8. The van der Waals surface area contributed by atoms with Gasteiger partial charge in [-0.25, -0.2) is 14.4 Å². The molecule has 0 aromatic rings. The van der Waals surface area contributed by atoms with Crippen molar-refractivity contribution in [2.24, 2.45) is 5.73 Å². The van der Waals surface area contributed by atoms with Crippen molar-refractivity contribution in [3.63, 3.8) is 0 Å². The van der Waals surface area contributed by atoms with Gasteiger partial charge < -0.3 is 20.9 Å². The predicted octanol–water partition coefficient (Wildman–Crippen LogP) is -0.765. The molecule has 0 aliphatic carbocycles. The summed E-state index contributed by atoms with van der Waals surface area (Å²) in [6, 6.07) is -0.981. The van der Waals surface area contributed by atoms with Crippen molar-refractivity contribution in [3.05, 3.63) is 0 Å². The van der Waals surface area contributed by atoms with Crippen molar-refractivity contribution in [1.82, 2.24) is 15.5 Å². The minimum absolute atomic E-state index is 0.0895. The standard InChI is InChI=1S/C13H22N4O6/c1-12(2,3)23-11(22)16-13(9(19)20)4-5-17(7-13)6-8(18)15-10(14)21/h4-7H2,1-3H3,(H,16,22)(H,19,20)(H3,14,15,18,21). The summed E-state index contributed by atoms with van der Waals surface area (Å²) in [6.07, 6.45) is -0.742. The van der Waals surface area contributed by atoms with Crippen LogP contribution in [0.25, 0.3) is 0 Å². The Bertz CT molecular complexity index is 515. The summed E-state index contributed by atoms with van der Waals surface area (Å²) in [5.74, 6) is -1.86.